The molecule has 104 valence electrons. The van der Waals surface area contributed by atoms with E-state index in [1.165, 1.54) is 22.4 Å². The van der Waals surface area contributed by atoms with Gasteiger partial charge in [0.2, 0.25) is 0 Å². The minimum Gasteiger partial charge on any atom is -0.321 e. The standard InChI is InChI=1S/C17H19NOS/c1-10-7-11(2)16(12(3)8-10)18-17(19)15-9-13-5-4-6-14(13)20-15/h7-9H,4-6H2,1-3H3,(H,18,19). The van der Waals surface area contributed by atoms with E-state index in [-0.39, 0.29) is 5.91 Å². The zero-order chi connectivity index (χ0) is 14.3. The lowest BCUT2D eigenvalue weighted by atomic mass is 10.1. The molecule has 3 heteroatoms. The SMILES string of the molecule is Cc1cc(C)c(NC(=O)c2cc3c(s2)CCC3)c(C)c1. The fourth-order valence-corrected chi connectivity index (χ4v) is 4.14. The van der Waals surface area contributed by atoms with Gasteiger partial charge in [-0.15, -0.1) is 11.3 Å². The van der Waals surface area contributed by atoms with Crippen LogP contribution in [0, 0.1) is 20.8 Å². The maximum absolute atomic E-state index is 12.4. The van der Waals surface area contributed by atoms with Crippen molar-refractivity contribution < 1.29 is 4.79 Å². The van der Waals surface area contributed by atoms with Gasteiger partial charge in [0.25, 0.3) is 5.91 Å². The first kappa shape index (κ1) is 13.4. The topological polar surface area (TPSA) is 29.1 Å². The highest BCUT2D eigenvalue weighted by Crippen LogP contribution is 2.31. The molecule has 0 unspecified atom stereocenters. The van der Waals surface area contributed by atoms with E-state index in [2.05, 4.69) is 30.4 Å². The molecule has 2 nitrogen and oxygen atoms in total. The van der Waals surface area contributed by atoms with Gasteiger partial charge in [-0.05, 0) is 62.8 Å². The van der Waals surface area contributed by atoms with Crippen LogP contribution in [0.5, 0.6) is 0 Å². The predicted octanol–water partition coefficient (Wildman–Crippen LogP) is 4.41. The van der Waals surface area contributed by atoms with Crippen LogP contribution >= 0.6 is 11.3 Å². The van der Waals surface area contributed by atoms with Crippen LogP contribution in [0.3, 0.4) is 0 Å². The van der Waals surface area contributed by atoms with Gasteiger partial charge in [0.15, 0.2) is 0 Å². The van der Waals surface area contributed by atoms with E-state index in [4.69, 9.17) is 0 Å². The number of fused-ring (bicyclic) bond motifs is 1. The second-order valence-electron chi connectivity index (χ2n) is 5.64. The lowest BCUT2D eigenvalue weighted by molar-refractivity contribution is 0.103. The molecule has 20 heavy (non-hydrogen) atoms. The normalized spacial score (nSPS) is 13.3. The molecular formula is C17H19NOS. The maximum Gasteiger partial charge on any atom is 0.265 e. The van der Waals surface area contributed by atoms with E-state index in [1.807, 2.05) is 13.8 Å². The van der Waals surface area contributed by atoms with Crippen LogP contribution in [0.4, 0.5) is 5.69 Å². The highest BCUT2D eigenvalue weighted by Gasteiger charge is 2.19. The molecule has 1 aromatic heterocycles. The summed E-state index contributed by atoms with van der Waals surface area (Å²) in [4.78, 5) is 14.6. The molecule has 1 heterocycles. The van der Waals surface area contributed by atoms with Crippen molar-refractivity contribution in [2.24, 2.45) is 0 Å². The van der Waals surface area contributed by atoms with Crippen molar-refractivity contribution in [1.29, 1.82) is 0 Å². The summed E-state index contributed by atoms with van der Waals surface area (Å²) in [5.74, 6) is 0.0273. The average molecular weight is 285 g/mol. The fraction of sp³-hybridized carbons (Fsp3) is 0.353. The molecule has 1 aliphatic carbocycles. The van der Waals surface area contributed by atoms with Crippen molar-refractivity contribution in [2.45, 2.75) is 40.0 Å². The Kier molecular flexibility index (Phi) is 3.38. The molecule has 0 radical (unpaired) electrons. The average Bonchev–Trinajstić information content (AvgIpc) is 2.93. The Morgan fingerprint density at radius 1 is 1.10 bits per heavy atom. The smallest absolute Gasteiger partial charge is 0.265 e. The van der Waals surface area contributed by atoms with Gasteiger partial charge in [-0.2, -0.15) is 0 Å². The number of rotatable bonds is 2. The first-order valence-electron chi connectivity index (χ1n) is 7.05. The lowest BCUT2D eigenvalue weighted by Gasteiger charge is -2.12. The first-order chi connectivity index (χ1) is 9.54. The number of hydrogen-bond acceptors (Lipinski definition) is 2. The number of thiophene rings is 1. The van der Waals surface area contributed by atoms with Gasteiger partial charge < -0.3 is 5.32 Å². The summed E-state index contributed by atoms with van der Waals surface area (Å²) in [6.07, 6.45) is 3.50. The molecule has 1 N–H and O–H groups in total. The van der Waals surface area contributed by atoms with Gasteiger partial charge in [0, 0.05) is 10.6 Å². The highest BCUT2D eigenvalue weighted by molar-refractivity contribution is 7.14. The van der Waals surface area contributed by atoms with Gasteiger partial charge in [0.05, 0.1) is 4.88 Å². The van der Waals surface area contributed by atoms with Crippen molar-refractivity contribution in [1.82, 2.24) is 0 Å². The summed E-state index contributed by atoms with van der Waals surface area (Å²) in [7, 11) is 0. The van der Waals surface area contributed by atoms with Gasteiger partial charge in [-0.3, -0.25) is 4.79 Å². The second kappa shape index (κ2) is 5.06. The van der Waals surface area contributed by atoms with Crippen LogP contribution in [-0.2, 0) is 12.8 Å². The molecule has 0 saturated carbocycles. The zero-order valence-electron chi connectivity index (χ0n) is 12.2. The number of hydrogen-bond donors (Lipinski definition) is 1. The van der Waals surface area contributed by atoms with Gasteiger partial charge >= 0.3 is 0 Å². The summed E-state index contributed by atoms with van der Waals surface area (Å²) in [6.45, 7) is 6.17. The van der Waals surface area contributed by atoms with Gasteiger partial charge in [-0.25, -0.2) is 0 Å². The maximum atomic E-state index is 12.4. The molecule has 0 saturated heterocycles. The van der Waals surface area contributed by atoms with Crippen molar-refractivity contribution >= 4 is 22.9 Å². The fourth-order valence-electron chi connectivity index (χ4n) is 2.99. The lowest BCUT2D eigenvalue weighted by Crippen LogP contribution is -2.12. The molecule has 1 aromatic carbocycles. The summed E-state index contributed by atoms with van der Waals surface area (Å²) in [5, 5.41) is 3.08. The third-order valence-corrected chi connectivity index (χ3v) is 5.12. The molecular weight excluding hydrogens is 266 g/mol. The number of nitrogens with one attached hydrogen (secondary N) is 1. The molecule has 0 atom stereocenters. The van der Waals surface area contributed by atoms with E-state index in [1.54, 1.807) is 11.3 Å². The molecule has 2 aromatic rings. The summed E-state index contributed by atoms with van der Waals surface area (Å²) in [5.41, 5.74) is 5.81. The van der Waals surface area contributed by atoms with Crippen LogP contribution in [-0.4, -0.2) is 5.91 Å². The zero-order valence-corrected chi connectivity index (χ0v) is 13.0. The van der Waals surface area contributed by atoms with E-state index in [0.29, 0.717) is 0 Å². The van der Waals surface area contributed by atoms with E-state index in [9.17, 15) is 4.79 Å². The van der Waals surface area contributed by atoms with Crippen molar-refractivity contribution in [3.8, 4) is 0 Å². The van der Waals surface area contributed by atoms with Crippen LogP contribution in [0.2, 0.25) is 0 Å². The minimum atomic E-state index is 0.0273. The molecule has 1 amide bonds. The van der Waals surface area contributed by atoms with Crippen LogP contribution in [0.25, 0.3) is 0 Å². The Bertz CT molecular complexity index is 640. The first-order valence-corrected chi connectivity index (χ1v) is 7.87. The minimum absolute atomic E-state index is 0.0273. The van der Waals surface area contributed by atoms with Crippen molar-refractivity contribution in [3.63, 3.8) is 0 Å². The summed E-state index contributed by atoms with van der Waals surface area (Å²) < 4.78 is 0. The largest absolute Gasteiger partial charge is 0.321 e. The third kappa shape index (κ3) is 2.38. The molecule has 1 aliphatic rings. The van der Waals surface area contributed by atoms with E-state index in [0.717, 1.165) is 34.5 Å². The molecule has 3 rings (SSSR count). The Morgan fingerprint density at radius 3 is 2.45 bits per heavy atom. The third-order valence-electron chi connectivity index (χ3n) is 3.89. The summed E-state index contributed by atoms with van der Waals surface area (Å²) >= 11 is 1.65. The van der Waals surface area contributed by atoms with E-state index < -0.39 is 0 Å². The van der Waals surface area contributed by atoms with Crippen molar-refractivity contribution in [2.75, 3.05) is 5.32 Å². The molecule has 0 spiro atoms. The molecule has 0 aliphatic heterocycles. The number of benzene rings is 1. The number of carbonyl (C=O) groups excluding carboxylic acids is 1. The van der Waals surface area contributed by atoms with E-state index >= 15 is 0 Å². The Hall–Kier alpha value is -1.61. The van der Waals surface area contributed by atoms with Crippen LogP contribution in [0.15, 0.2) is 18.2 Å². The summed E-state index contributed by atoms with van der Waals surface area (Å²) in [6, 6.07) is 6.29. The van der Waals surface area contributed by atoms with Crippen LogP contribution in [0.1, 0.15) is 43.2 Å². The molecule has 0 fully saturated rings. The number of carbonyl (C=O) groups is 1. The van der Waals surface area contributed by atoms with Gasteiger partial charge in [0.1, 0.15) is 0 Å². The number of anilines is 1. The molecule has 0 bridgehead atoms. The van der Waals surface area contributed by atoms with Crippen LogP contribution < -0.4 is 5.32 Å². The number of amides is 1. The highest BCUT2D eigenvalue weighted by atomic mass is 32.1. The predicted molar refractivity (Wildman–Crippen MR) is 85.0 cm³/mol. The Morgan fingerprint density at radius 2 is 1.80 bits per heavy atom. The Labute approximate surface area is 123 Å². The quantitative estimate of drug-likeness (QED) is 0.869. The van der Waals surface area contributed by atoms with Gasteiger partial charge in [-0.1, -0.05) is 17.7 Å². The van der Waals surface area contributed by atoms with Crippen molar-refractivity contribution in [3.05, 3.63) is 50.2 Å². The second-order valence-corrected chi connectivity index (χ2v) is 6.78. The number of aryl methyl sites for hydroxylation is 5. The monoisotopic (exact) mass is 285 g/mol. The Balaban J connectivity index is 1.85.